The van der Waals surface area contributed by atoms with E-state index in [4.69, 9.17) is 4.74 Å². The van der Waals surface area contributed by atoms with Crippen molar-refractivity contribution in [1.29, 1.82) is 0 Å². The van der Waals surface area contributed by atoms with Gasteiger partial charge in [-0.25, -0.2) is 0 Å². The van der Waals surface area contributed by atoms with E-state index in [0.717, 1.165) is 22.2 Å². The maximum absolute atomic E-state index is 12.6. The maximum atomic E-state index is 12.6. The van der Waals surface area contributed by atoms with Gasteiger partial charge in [0.25, 0.3) is 5.91 Å². The molecule has 1 saturated heterocycles. The van der Waals surface area contributed by atoms with E-state index in [0.29, 0.717) is 5.57 Å². The second kappa shape index (κ2) is 6.37. The first-order chi connectivity index (χ1) is 12.3. The van der Waals surface area contributed by atoms with Crippen LogP contribution < -0.4 is 15.4 Å². The third kappa shape index (κ3) is 2.87. The Morgan fingerprint density at radius 1 is 1.31 bits per heavy atom. The molecule has 1 aliphatic rings. The van der Waals surface area contributed by atoms with Gasteiger partial charge in [-0.3, -0.25) is 9.59 Å². The van der Waals surface area contributed by atoms with Crippen LogP contribution in [-0.2, 0) is 9.59 Å². The zero-order valence-electron chi connectivity index (χ0n) is 15.4. The third-order valence-corrected chi connectivity index (χ3v) is 4.78. The second-order valence-electron chi connectivity index (χ2n) is 6.97. The van der Waals surface area contributed by atoms with Gasteiger partial charge in [0.05, 0.1) is 7.11 Å². The Balaban J connectivity index is 2.27. The molecule has 26 heavy (non-hydrogen) atoms. The number of allylic oxidation sites excluding steroid dienone is 2. The highest BCUT2D eigenvalue weighted by Gasteiger charge is 2.35. The van der Waals surface area contributed by atoms with Gasteiger partial charge in [-0.1, -0.05) is 19.9 Å². The third-order valence-electron chi connectivity index (χ3n) is 4.78. The first-order valence-corrected chi connectivity index (χ1v) is 8.44. The van der Waals surface area contributed by atoms with Gasteiger partial charge in [0.15, 0.2) is 0 Å². The Kier molecular flexibility index (Phi) is 4.36. The van der Waals surface area contributed by atoms with Crippen LogP contribution in [0.2, 0.25) is 0 Å². The van der Waals surface area contributed by atoms with Crippen molar-refractivity contribution >= 4 is 28.3 Å². The smallest absolute Gasteiger partial charge is 0.268 e. The Morgan fingerprint density at radius 2 is 2.04 bits per heavy atom. The predicted molar refractivity (Wildman–Crippen MR) is 101 cm³/mol. The molecule has 0 spiro atoms. The molecule has 1 aromatic heterocycles. The maximum Gasteiger partial charge on any atom is 0.268 e. The molecule has 3 N–H and O–H groups in total. The van der Waals surface area contributed by atoms with E-state index in [-0.39, 0.29) is 17.5 Å². The van der Waals surface area contributed by atoms with Crippen LogP contribution in [0.5, 0.6) is 5.75 Å². The predicted octanol–water partition coefficient (Wildman–Crippen LogP) is 2.73. The lowest BCUT2D eigenvalue weighted by Gasteiger charge is -2.31. The fourth-order valence-corrected chi connectivity index (χ4v) is 3.14. The molecule has 2 aromatic rings. The van der Waals surface area contributed by atoms with Gasteiger partial charge in [-0.05, 0) is 19.1 Å². The van der Waals surface area contributed by atoms with Crippen LogP contribution in [-0.4, -0.2) is 29.9 Å². The second-order valence-corrected chi connectivity index (χ2v) is 6.97. The standard InChI is InChI=1S/C20H23N3O3/c1-6-20(3,4)16(17-19(25)22-11(2)18(24)23-17)14-10-21-15-9-12(26-5)7-8-13(14)15/h6-11,21H,1H2,2-5H3,(H,22,25)(H,23,24)/b17-16-/t11-/m1/s1. The molecular formula is C20H23N3O3. The molecule has 3 rings (SSSR count). The van der Waals surface area contributed by atoms with Crippen LogP contribution >= 0.6 is 0 Å². The number of amides is 2. The largest absolute Gasteiger partial charge is 0.497 e. The zero-order valence-corrected chi connectivity index (χ0v) is 15.4. The van der Waals surface area contributed by atoms with Crippen LogP contribution in [0.4, 0.5) is 0 Å². The number of nitrogens with one attached hydrogen (secondary N) is 3. The van der Waals surface area contributed by atoms with E-state index in [1.165, 1.54) is 0 Å². The molecule has 0 saturated carbocycles. The summed E-state index contributed by atoms with van der Waals surface area (Å²) < 4.78 is 5.27. The summed E-state index contributed by atoms with van der Waals surface area (Å²) in [7, 11) is 1.61. The number of fused-ring (bicyclic) bond motifs is 1. The highest BCUT2D eigenvalue weighted by Crippen LogP contribution is 2.41. The van der Waals surface area contributed by atoms with Crippen LogP contribution in [0.15, 0.2) is 42.7 Å². The Labute approximate surface area is 152 Å². The van der Waals surface area contributed by atoms with Gasteiger partial charge in [0.2, 0.25) is 5.91 Å². The van der Waals surface area contributed by atoms with Crippen molar-refractivity contribution in [2.45, 2.75) is 26.8 Å². The number of H-pyrrole nitrogens is 1. The van der Waals surface area contributed by atoms with Gasteiger partial charge in [0, 0.05) is 39.7 Å². The number of piperazine rings is 1. The number of methoxy groups -OCH3 is 1. The SMILES string of the molecule is C=CC(C)(C)/C(=C1\NC(=O)[C@@H](C)NC1=O)c1c[nH]c2cc(OC)ccc12. The molecule has 6 heteroatoms. The summed E-state index contributed by atoms with van der Waals surface area (Å²) in [6.45, 7) is 9.49. The zero-order chi connectivity index (χ0) is 19.1. The summed E-state index contributed by atoms with van der Waals surface area (Å²) in [6, 6.07) is 5.13. The molecule has 0 unspecified atom stereocenters. The summed E-state index contributed by atoms with van der Waals surface area (Å²) >= 11 is 0. The highest BCUT2D eigenvalue weighted by molar-refractivity contribution is 6.11. The van der Waals surface area contributed by atoms with E-state index in [1.807, 2.05) is 38.2 Å². The van der Waals surface area contributed by atoms with Gasteiger partial charge in [-0.15, -0.1) is 6.58 Å². The number of benzene rings is 1. The van der Waals surface area contributed by atoms with Crippen LogP contribution in [0.25, 0.3) is 16.5 Å². The fraction of sp³-hybridized carbons (Fsp3) is 0.300. The van der Waals surface area contributed by atoms with Gasteiger partial charge < -0.3 is 20.4 Å². The molecule has 0 radical (unpaired) electrons. The molecule has 1 aliphatic heterocycles. The van der Waals surface area contributed by atoms with Crippen molar-refractivity contribution in [3.63, 3.8) is 0 Å². The topological polar surface area (TPSA) is 83.2 Å². The van der Waals surface area contributed by atoms with Crippen LogP contribution in [0.1, 0.15) is 26.3 Å². The monoisotopic (exact) mass is 353 g/mol. The van der Waals surface area contributed by atoms with Gasteiger partial charge in [0.1, 0.15) is 17.5 Å². The minimum Gasteiger partial charge on any atom is -0.497 e. The summed E-state index contributed by atoms with van der Waals surface area (Å²) in [5, 5.41) is 6.42. The number of ether oxygens (including phenoxy) is 1. The summed E-state index contributed by atoms with van der Waals surface area (Å²) in [5.74, 6) is 0.198. The average molecular weight is 353 g/mol. The molecule has 1 atom stereocenters. The minimum absolute atomic E-state index is 0.238. The number of hydrogen-bond donors (Lipinski definition) is 3. The average Bonchev–Trinajstić information content (AvgIpc) is 3.02. The van der Waals surface area contributed by atoms with Gasteiger partial charge in [-0.2, -0.15) is 0 Å². The lowest BCUT2D eigenvalue weighted by atomic mass is 9.78. The highest BCUT2D eigenvalue weighted by atomic mass is 16.5. The first kappa shape index (κ1) is 17.8. The van der Waals surface area contributed by atoms with E-state index >= 15 is 0 Å². The van der Waals surface area contributed by atoms with Crippen molar-refractivity contribution in [2.75, 3.05) is 7.11 Å². The van der Waals surface area contributed by atoms with Crippen molar-refractivity contribution in [3.05, 3.63) is 48.3 Å². The molecule has 0 aliphatic carbocycles. The quantitative estimate of drug-likeness (QED) is 0.584. The molecule has 1 fully saturated rings. The lowest BCUT2D eigenvalue weighted by molar-refractivity contribution is -0.130. The van der Waals surface area contributed by atoms with Crippen LogP contribution in [0.3, 0.4) is 0 Å². The fourth-order valence-electron chi connectivity index (χ4n) is 3.14. The number of carbonyl (C=O) groups excluding carboxylic acids is 2. The first-order valence-electron chi connectivity index (χ1n) is 8.44. The number of aromatic nitrogens is 1. The van der Waals surface area contributed by atoms with Crippen LogP contribution in [0, 0.1) is 5.41 Å². The molecule has 1 aromatic carbocycles. The van der Waals surface area contributed by atoms with Gasteiger partial charge >= 0.3 is 0 Å². The Bertz CT molecular complexity index is 937. The summed E-state index contributed by atoms with van der Waals surface area (Å²) in [4.78, 5) is 28.0. The molecular weight excluding hydrogens is 330 g/mol. The molecule has 0 bridgehead atoms. The Morgan fingerprint density at radius 3 is 2.69 bits per heavy atom. The van der Waals surface area contributed by atoms with Crippen molar-refractivity contribution < 1.29 is 14.3 Å². The van der Waals surface area contributed by atoms with E-state index in [2.05, 4.69) is 22.2 Å². The lowest BCUT2D eigenvalue weighted by Crippen LogP contribution is -2.54. The summed E-state index contributed by atoms with van der Waals surface area (Å²) in [5.41, 5.74) is 2.15. The van der Waals surface area contributed by atoms with Crippen molar-refractivity contribution in [1.82, 2.24) is 15.6 Å². The molecule has 6 nitrogen and oxygen atoms in total. The van der Waals surface area contributed by atoms with E-state index < -0.39 is 11.5 Å². The summed E-state index contributed by atoms with van der Waals surface area (Å²) in [6.07, 6.45) is 3.62. The Hall–Kier alpha value is -3.02. The van der Waals surface area contributed by atoms with E-state index in [1.54, 1.807) is 20.1 Å². The minimum atomic E-state index is -0.563. The van der Waals surface area contributed by atoms with Crippen molar-refractivity contribution in [3.8, 4) is 5.75 Å². The molecule has 136 valence electrons. The number of hydrogen-bond acceptors (Lipinski definition) is 3. The number of rotatable bonds is 4. The van der Waals surface area contributed by atoms with E-state index in [9.17, 15) is 9.59 Å². The van der Waals surface area contributed by atoms with Crippen molar-refractivity contribution in [2.24, 2.45) is 5.41 Å². The number of aromatic amines is 1. The molecule has 2 amide bonds. The normalized spacial score (nSPS) is 19.8. The molecule has 2 heterocycles. The number of carbonyl (C=O) groups is 2.